The SMILES string of the molecule is CN(C)c1nc2nc(C3CCO[C@@H](c4cnn(C5CC5)c4)C3)nc(-c3cc(F)c(Cl)cc3F)c2s1. The van der Waals surface area contributed by atoms with Gasteiger partial charge < -0.3 is 9.64 Å². The first kappa shape index (κ1) is 22.8. The molecule has 0 amide bonds. The zero-order valence-corrected chi connectivity index (χ0v) is 20.8. The summed E-state index contributed by atoms with van der Waals surface area (Å²) in [5.74, 6) is -0.807. The Kier molecular flexibility index (Phi) is 5.69. The van der Waals surface area contributed by atoms with Crippen molar-refractivity contribution in [3.05, 3.63) is 52.6 Å². The van der Waals surface area contributed by atoms with Gasteiger partial charge in [0.2, 0.25) is 0 Å². The van der Waals surface area contributed by atoms with Gasteiger partial charge in [0.15, 0.2) is 10.8 Å². The minimum atomic E-state index is -0.701. The van der Waals surface area contributed by atoms with Gasteiger partial charge in [-0.05, 0) is 37.8 Å². The lowest BCUT2D eigenvalue weighted by molar-refractivity contribution is 0.00396. The van der Waals surface area contributed by atoms with Crippen LogP contribution in [0.3, 0.4) is 0 Å². The standard InChI is InChI=1S/C24H23ClF2N6OS/c1-32(2)24-31-23-21(35-24)20(15-8-18(27)16(25)9-17(15)26)29-22(30-23)12-5-6-34-19(7-12)13-10-28-33(11-13)14-3-4-14/h8-12,14,19H,3-7H2,1-2H3/t12?,19-/m1/s1. The van der Waals surface area contributed by atoms with Gasteiger partial charge in [0, 0.05) is 43.9 Å². The molecule has 1 aromatic carbocycles. The predicted molar refractivity (Wildman–Crippen MR) is 131 cm³/mol. The fourth-order valence-electron chi connectivity index (χ4n) is 4.41. The quantitative estimate of drug-likeness (QED) is 0.307. The minimum Gasteiger partial charge on any atom is -0.373 e. The van der Waals surface area contributed by atoms with Gasteiger partial charge in [-0.1, -0.05) is 22.9 Å². The Morgan fingerprint density at radius 2 is 1.94 bits per heavy atom. The minimum absolute atomic E-state index is 0.0223. The zero-order chi connectivity index (χ0) is 24.3. The molecule has 0 N–H and O–H groups in total. The van der Waals surface area contributed by atoms with Gasteiger partial charge in [-0.3, -0.25) is 4.68 Å². The second kappa shape index (κ2) is 8.76. The Morgan fingerprint density at radius 3 is 2.71 bits per heavy atom. The van der Waals surface area contributed by atoms with Crippen molar-refractivity contribution in [3.8, 4) is 11.3 Å². The highest BCUT2D eigenvalue weighted by atomic mass is 35.5. The zero-order valence-electron chi connectivity index (χ0n) is 19.2. The summed E-state index contributed by atoms with van der Waals surface area (Å²) in [5.41, 5.74) is 1.88. The van der Waals surface area contributed by atoms with E-state index in [1.807, 2.05) is 29.9 Å². The predicted octanol–water partition coefficient (Wildman–Crippen LogP) is 5.92. The largest absolute Gasteiger partial charge is 0.373 e. The number of hydrogen-bond acceptors (Lipinski definition) is 7. The third-order valence-corrected chi connectivity index (χ3v) is 7.98. The number of halogens is 3. The van der Waals surface area contributed by atoms with Crippen LogP contribution in [0.1, 0.15) is 55.1 Å². The summed E-state index contributed by atoms with van der Waals surface area (Å²) in [6.07, 6.45) is 7.53. The highest BCUT2D eigenvalue weighted by molar-refractivity contribution is 7.22. The van der Waals surface area contributed by atoms with Gasteiger partial charge in [0.25, 0.3) is 0 Å². The second-order valence-electron chi connectivity index (χ2n) is 9.29. The molecule has 3 aromatic heterocycles. The molecule has 35 heavy (non-hydrogen) atoms. The molecule has 4 aromatic rings. The van der Waals surface area contributed by atoms with E-state index < -0.39 is 11.6 Å². The smallest absolute Gasteiger partial charge is 0.187 e. The van der Waals surface area contributed by atoms with Crippen molar-refractivity contribution < 1.29 is 13.5 Å². The van der Waals surface area contributed by atoms with Gasteiger partial charge in [-0.2, -0.15) is 10.1 Å². The average Bonchev–Trinajstić information content (AvgIpc) is 3.40. The first-order chi connectivity index (χ1) is 16.9. The molecular weight excluding hydrogens is 494 g/mol. The molecular formula is C24H23ClF2N6OS. The van der Waals surface area contributed by atoms with E-state index in [1.165, 1.54) is 11.3 Å². The maximum Gasteiger partial charge on any atom is 0.187 e. The summed E-state index contributed by atoms with van der Waals surface area (Å²) >= 11 is 7.15. The van der Waals surface area contributed by atoms with Crippen LogP contribution in [0, 0.1) is 11.6 Å². The Labute approximate surface area is 209 Å². The molecule has 1 aliphatic heterocycles. The van der Waals surface area contributed by atoms with E-state index in [-0.39, 0.29) is 22.6 Å². The van der Waals surface area contributed by atoms with Crippen molar-refractivity contribution in [2.45, 2.75) is 43.7 Å². The Morgan fingerprint density at radius 1 is 1.11 bits per heavy atom. The van der Waals surface area contributed by atoms with Gasteiger partial charge >= 0.3 is 0 Å². The fraction of sp³-hybridized carbons (Fsp3) is 0.417. The van der Waals surface area contributed by atoms with Crippen LogP contribution in [0.4, 0.5) is 13.9 Å². The molecule has 4 heterocycles. The summed E-state index contributed by atoms with van der Waals surface area (Å²) in [4.78, 5) is 16.1. The van der Waals surface area contributed by atoms with Crippen LogP contribution < -0.4 is 4.90 Å². The van der Waals surface area contributed by atoms with Crippen LogP contribution in [0.2, 0.25) is 5.02 Å². The maximum absolute atomic E-state index is 15.0. The number of nitrogens with zero attached hydrogens (tertiary/aromatic N) is 6. The molecule has 1 aliphatic carbocycles. The summed E-state index contributed by atoms with van der Waals surface area (Å²) in [7, 11) is 3.75. The summed E-state index contributed by atoms with van der Waals surface area (Å²) < 4.78 is 38.0. The molecule has 1 saturated heterocycles. The molecule has 1 saturated carbocycles. The first-order valence-electron chi connectivity index (χ1n) is 11.5. The Balaban J connectivity index is 1.41. The van der Waals surface area contributed by atoms with Gasteiger partial charge in [-0.25, -0.2) is 18.7 Å². The molecule has 2 atom stereocenters. The second-order valence-corrected chi connectivity index (χ2v) is 10.7. The molecule has 182 valence electrons. The van der Waals surface area contributed by atoms with Crippen molar-refractivity contribution in [2.75, 3.05) is 25.6 Å². The number of benzene rings is 1. The van der Waals surface area contributed by atoms with Gasteiger partial charge in [-0.15, -0.1) is 0 Å². The average molecular weight is 517 g/mol. The molecule has 1 unspecified atom stereocenters. The lowest BCUT2D eigenvalue weighted by atomic mass is 9.92. The van der Waals surface area contributed by atoms with Crippen LogP contribution in [0.5, 0.6) is 0 Å². The van der Waals surface area contributed by atoms with Crippen LogP contribution >= 0.6 is 22.9 Å². The van der Waals surface area contributed by atoms with Crippen molar-refractivity contribution in [2.24, 2.45) is 0 Å². The number of ether oxygens (including phenoxy) is 1. The number of hydrogen-bond donors (Lipinski definition) is 0. The monoisotopic (exact) mass is 516 g/mol. The number of aromatic nitrogens is 5. The van der Waals surface area contributed by atoms with E-state index in [2.05, 4.69) is 16.3 Å². The number of thiazole rings is 1. The molecule has 2 aliphatic rings. The van der Waals surface area contributed by atoms with Crippen LogP contribution in [0.25, 0.3) is 21.6 Å². The van der Waals surface area contributed by atoms with E-state index in [4.69, 9.17) is 26.3 Å². The Bertz CT molecular complexity index is 1420. The topological polar surface area (TPSA) is 69.0 Å². The lowest BCUT2D eigenvalue weighted by Crippen LogP contribution is -2.20. The van der Waals surface area contributed by atoms with Gasteiger partial charge in [0.05, 0.1) is 29.1 Å². The van der Waals surface area contributed by atoms with Crippen molar-refractivity contribution in [1.82, 2.24) is 24.7 Å². The van der Waals surface area contributed by atoms with E-state index >= 15 is 0 Å². The number of rotatable bonds is 5. The van der Waals surface area contributed by atoms with E-state index in [1.54, 1.807) is 0 Å². The number of fused-ring (bicyclic) bond motifs is 1. The molecule has 2 fully saturated rings. The molecule has 6 rings (SSSR count). The highest BCUT2D eigenvalue weighted by Gasteiger charge is 2.31. The van der Waals surface area contributed by atoms with E-state index in [9.17, 15) is 8.78 Å². The van der Waals surface area contributed by atoms with E-state index in [0.717, 1.165) is 37.0 Å². The lowest BCUT2D eigenvalue weighted by Gasteiger charge is -2.28. The van der Waals surface area contributed by atoms with Crippen molar-refractivity contribution in [3.63, 3.8) is 0 Å². The first-order valence-corrected chi connectivity index (χ1v) is 12.7. The van der Waals surface area contributed by atoms with Crippen molar-refractivity contribution >= 4 is 38.4 Å². The van der Waals surface area contributed by atoms with Crippen LogP contribution in [-0.4, -0.2) is 45.4 Å². The fourth-order valence-corrected chi connectivity index (χ4v) is 5.49. The molecule has 0 bridgehead atoms. The molecule has 7 nitrogen and oxygen atoms in total. The van der Waals surface area contributed by atoms with Crippen LogP contribution in [-0.2, 0) is 4.74 Å². The van der Waals surface area contributed by atoms with E-state index in [0.29, 0.717) is 46.1 Å². The summed E-state index contributed by atoms with van der Waals surface area (Å²) in [6.45, 7) is 0.546. The maximum atomic E-state index is 15.0. The Hall–Kier alpha value is -2.69. The van der Waals surface area contributed by atoms with Crippen molar-refractivity contribution in [1.29, 1.82) is 0 Å². The third-order valence-electron chi connectivity index (χ3n) is 6.47. The highest BCUT2D eigenvalue weighted by Crippen LogP contribution is 2.41. The van der Waals surface area contributed by atoms with Gasteiger partial charge in [0.1, 0.15) is 22.2 Å². The molecule has 11 heteroatoms. The number of anilines is 1. The summed E-state index contributed by atoms with van der Waals surface area (Å²) in [5, 5.41) is 4.93. The molecule has 0 spiro atoms. The van der Waals surface area contributed by atoms with Crippen LogP contribution in [0.15, 0.2) is 24.5 Å². The molecule has 0 radical (unpaired) electrons. The summed E-state index contributed by atoms with van der Waals surface area (Å²) in [6, 6.07) is 2.58. The third kappa shape index (κ3) is 4.28. The normalized spacial score (nSPS) is 20.5.